The van der Waals surface area contributed by atoms with Crippen molar-refractivity contribution in [1.29, 1.82) is 5.26 Å². The van der Waals surface area contributed by atoms with Crippen LogP contribution in [-0.2, 0) is 29.2 Å². The highest BCUT2D eigenvalue weighted by Gasteiger charge is 2.19. The van der Waals surface area contributed by atoms with E-state index in [-0.39, 0.29) is 17.6 Å². The average molecular weight is 449 g/mol. The molecule has 1 unspecified atom stereocenters. The summed E-state index contributed by atoms with van der Waals surface area (Å²) in [5, 5.41) is 12.6. The number of nitrogens with zero attached hydrogens (tertiary/aromatic N) is 3. The van der Waals surface area contributed by atoms with Crippen LogP contribution in [0.15, 0.2) is 35.9 Å². The van der Waals surface area contributed by atoms with Gasteiger partial charge < -0.3 is 14.6 Å². The van der Waals surface area contributed by atoms with Crippen LogP contribution in [0.4, 0.5) is 0 Å². The van der Waals surface area contributed by atoms with Crippen LogP contribution < -0.4 is 5.32 Å². The van der Waals surface area contributed by atoms with Crippen molar-refractivity contribution in [2.24, 2.45) is 0 Å². The number of nitriles is 1. The third kappa shape index (κ3) is 6.34. The van der Waals surface area contributed by atoms with Crippen molar-refractivity contribution in [2.45, 2.75) is 66.3 Å². The molecule has 1 aliphatic rings. The molecule has 6 heteroatoms. The van der Waals surface area contributed by atoms with Gasteiger partial charge in [0, 0.05) is 37.6 Å². The van der Waals surface area contributed by atoms with Gasteiger partial charge in [-0.15, -0.1) is 0 Å². The number of rotatable bonds is 10. The first-order chi connectivity index (χ1) is 16.0. The Kier molecular flexibility index (Phi) is 8.87. The zero-order valence-corrected chi connectivity index (χ0v) is 20.4. The van der Waals surface area contributed by atoms with Gasteiger partial charge in [0.2, 0.25) is 0 Å². The summed E-state index contributed by atoms with van der Waals surface area (Å²) in [5.74, 6) is -0.348. The summed E-state index contributed by atoms with van der Waals surface area (Å²) in [6, 6.07) is 12.3. The SMILES string of the molecule is CCN(CC)Cc1ccccc1CNC(=O)/C(C#N)=C/c1cc(C)n(CC2CCCO2)c1C. The van der Waals surface area contributed by atoms with Gasteiger partial charge in [0.25, 0.3) is 5.91 Å². The first kappa shape index (κ1) is 24.8. The lowest BCUT2D eigenvalue weighted by Gasteiger charge is -2.20. The minimum atomic E-state index is -0.348. The maximum absolute atomic E-state index is 12.8. The fraction of sp³-hybridized carbons (Fsp3) is 0.481. The molecule has 1 saturated heterocycles. The van der Waals surface area contributed by atoms with E-state index in [0.29, 0.717) is 6.54 Å². The number of benzene rings is 1. The van der Waals surface area contributed by atoms with E-state index in [0.717, 1.165) is 68.1 Å². The second-order valence-electron chi connectivity index (χ2n) is 8.65. The number of hydrogen-bond acceptors (Lipinski definition) is 4. The van der Waals surface area contributed by atoms with Gasteiger partial charge in [0.05, 0.1) is 6.10 Å². The van der Waals surface area contributed by atoms with E-state index in [4.69, 9.17) is 4.74 Å². The van der Waals surface area contributed by atoms with E-state index in [2.05, 4.69) is 47.7 Å². The second-order valence-corrected chi connectivity index (χ2v) is 8.65. The standard InChI is InChI=1S/C27H36N4O2/c1-5-30(6-2)18-23-11-8-7-10-22(23)17-29-27(32)25(16-28)15-24-14-20(3)31(21(24)4)19-26-12-9-13-33-26/h7-8,10-11,14-15,26H,5-6,9,12-13,17-19H2,1-4H3,(H,29,32)/b25-15+. The summed E-state index contributed by atoms with van der Waals surface area (Å²) in [4.78, 5) is 15.2. The normalized spacial score (nSPS) is 16.2. The van der Waals surface area contributed by atoms with Crippen LogP contribution in [0.5, 0.6) is 0 Å². The zero-order valence-electron chi connectivity index (χ0n) is 20.4. The van der Waals surface area contributed by atoms with Crippen molar-refractivity contribution in [3.8, 4) is 6.07 Å². The lowest BCUT2D eigenvalue weighted by atomic mass is 10.1. The molecular formula is C27H36N4O2. The van der Waals surface area contributed by atoms with E-state index in [9.17, 15) is 10.1 Å². The number of ether oxygens (including phenoxy) is 1. The highest BCUT2D eigenvalue weighted by atomic mass is 16.5. The maximum Gasteiger partial charge on any atom is 0.262 e. The Balaban J connectivity index is 1.71. The first-order valence-corrected chi connectivity index (χ1v) is 11.9. The van der Waals surface area contributed by atoms with Crippen LogP contribution in [0.3, 0.4) is 0 Å². The predicted octanol–water partition coefficient (Wildman–Crippen LogP) is 4.35. The summed E-state index contributed by atoms with van der Waals surface area (Å²) in [6.07, 6.45) is 4.12. The Labute approximate surface area is 197 Å². The maximum atomic E-state index is 12.8. The van der Waals surface area contributed by atoms with E-state index in [1.54, 1.807) is 6.08 Å². The molecule has 1 aromatic carbocycles. The molecule has 0 radical (unpaired) electrons. The highest BCUT2D eigenvalue weighted by Crippen LogP contribution is 2.22. The van der Waals surface area contributed by atoms with E-state index >= 15 is 0 Å². The minimum Gasteiger partial charge on any atom is -0.376 e. The predicted molar refractivity (Wildman–Crippen MR) is 131 cm³/mol. The number of nitrogens with one attached hydrogen (secondary N) is 1. The molecule has 1 atom stereocenters. The molecule has 6 nitrogen and oxygen atoms in total. The Morgan fingerprint density at radius 1 is 1.27 bits per heavy atom. The molecule has 1 N–H and O–H groups in total. The van der Waals surface area contributed by atoms with Crippen LogP contribution >= 0.6 is 0 Å². The molecule has 3 rings (SSSR count). The Bertz CT molecular complexity index is 1020. The molecule has 1 amide bonds. The monoisotopic (exact) mass is 448 g/mol. The van der Waals surface area contributed by atoms with Gasteiger partial charge in [-0.05, 0) is 68.6 Å². The fourth-order valence-corrected chi connectivity index (χ4v) is 4.39. The number of carbonyl (C=O) groups excluding carboxylic acids is 1. The molecule has 1 aromatic heterocycles. The highest BCUT2D eigenvalue weighted by molar-refractivity contribution is 6.01. The number of carbonyl (C=O) groups is 1. The average Bonchev–Trinajstić information content (AvgIpc) is 3.43. The molecule has 1 aliphatic heterocycles. The lowest BCUT2D eigenvalue weighted by molar-refractivity contribution is -0.117. The molecule has 0 spiro atoms. The molecule has 0 bridgehead atoms. The van der Waals surface area contributed by atoms with Crippen LogP contribution in [-0.4, -0.2) is 41.2 Å². The van der Waals surface area contributed by atoms with Gasteiger partial charge in [-0.2, -0.15) is 5.26 Å². The van der Waals surface area contributed by atoms with Crippen molar-refractivity contribution in [2.75, 3.05) is 19.7 Å². The van der Waals surface area contributed by atoms with Crippen molar-refractivity contribution in [3.63, 3.8) is 0 Å². The molecule has 1 fully saturated rings. The topological polar surface area (TPSA) is 70.3 Å². The Morgan fingerprint density at radius 3 is 2.64 bits per heavy atom. The molecular weight excluding hydrogens is 412 g/mol. The smallest absolute Gasteiger partial charge is 0.262 e. The quantitative estimate of drug-likeness (QED) is 0.433. The fourth-order valence-electron chi connectivity index (χ4n) is 4.39. The van der Waals surface area contributed by atoms with Gasteiger partial charge in [-0.3, -0.25) is 9.69 Å². The third-order valence-corrected chi connectivity index (χ3v) is 6.53. The number of aromatic nitrogens is 1. The van der Waals surface area contributed by atoms with E-state index < -0.39 is 0 Å². The van der Waals surface area contributed by atoms with E-state index in [1.807, 2.05) is 31.2 Å². The Morgan fingerprint density at radius 2 is 2.00 bits per heavy atom. The number of hydrogen-bond donors (Lipinski definition) is 1. The summed E-state index contributed by atoms with van der Waals surface area (Å²) < 4.78 is 8.00. The lowest BCUT2D eigenvalue weighted by Crippen LogP contribution is -2.26. The molecule has 33 heavy (non-hydrogen) atoms. The van der Waals surface area contributed by atoms with Gasteiger partial charge in [-0.25, -0.2) is 0 Å². The van der Waals surface area contributed by atoms with Gasteiger partial charge in [-0.1, -0.05) is 38.1 Å². The van der Waals surface area contributed by atoms with Crippen molar-refractivity contribution in [3.05, 3.63) is 64.0 Å². The summed E-state index contributed by atoms with van der Waals surface area (Å²) in [7, 11) is 0. The number of aryl methyl sites for hydroxylation is 1. The largest absolute Gasteiger partial charge is 0.376 e. The van der Waals surface area contributed by atoms with Gasteiger partial charge in [0.1, 0.15) is 11.6 Å². The molecule has 2 heterocycles. The van der Waals surface area contributed by atoms with Crippen LogP contribution in [0, 0.1) is 25.2 Å². The number of amides is 1. The van der Waals surface area contributed by atoms with Crippen LogP contribution in [0.25, 0.3) is 6.08 Å². The first-order valence-electron chi connectivity index (χ1n) is 11.9. The van der Waals surface area contributed by atoms with E-state index in [1.165, 1.54) is 5.56 Å². The van der Waals surface area contributed by atoms with Crippen LogP contribution in [0.2, 0.25) is 0 Å². The van der Waals surface area contributed by atoms with Gasteiger partial charge >= 0.3 is 0 Å². The van der Waals surface area contributed by atoms with Crippen LogP contribution in [0.1, 0.15) is 54.8 Å². The minimum absolute atomic E-state index is 0.119. The second kappa shape index (κ2) is 11.8. The molecule has 0 aliphatic carbocycles. The molecule has 176 valence electrons. The Hall–Kier alpha value is -2.88. The molecule has 2 aromatic rings. The summed E-state index contributed by atoms with van der Waals surface area (Å²) in [5.41, 5.74) is 5.45. The third-order valence-electron chi connectivity index (χ3n) is 6.53. The summed E-state index contributed by atoms with van der Waals surface area (Å²) in [6.45, 7) is 13.2. The van der Waals surface area contributed by atoms with Gasteiger partial charge in [0.15, 0.2) is 0 Å². The van der Waals surface area contributed by atoms with Crippen molar-refractivity contribution >= 4 is 12.0 Å². The molecule has 0 saturated carbocycles. The van der Waals surface area contributed by atoms with Crippen molar-refractivity contribution < 1.29 is 9.53 Å². The van der Waals surface area contributed by atoms with Crippen molar-refractivity contribution in [1.82, 2.24) is 14.8 Å². The zero-order chi connectivity index (χ0) is 23.8. The summed E-state index contributed by atoms with van der Waals surface area (Å²) >= 11 is 0.